The van der Waals surface area contributed by atoms with Crippen LogP contribution in [0, 0.1) is 5.41 Å². The number of nitrogens with one attached hydrogen (secondary N) is 1. The Balaban J connectivity index is 3.18. The Morgan fingerprint density at radius 3 is 2.47 bits per heavy atom. The van der Waals surface area contributed by atoms with Gasteiger partial charge in [0.1, 0.15) is 10.8 Å². The number of ether oxygens (including phenoxy) is 1. The predicted octanol–water partition coefficient (Wildman–Crippen LogP) is 1.87. The van der Waals surface area contributed by atoms with Gasteiger partial charge < -0.3 is 10.5 Å². The van der Waals surface area contributed by atoms with Crippen LogP contribution in [0.25, 0.3) is 0 Å². The molecule has 0 aromatic carbocycles. The molecule has 0 radical (unpaired) electrons. The monoisotopic (exact) mass is 227 g/mol. The highest BCUT2D eigenvalue weighted by Crippen LogP contribution is 2.29. The van der Waals surface area contributed by atoms with Crippen molar-refractivity contribution in [2.45, 2.75) is 32.8 Å². The van der Waals surface area contributed by atoms with Crippen molar-refractivity contribution in [2.75, 3.05) is 7.11 Å². The Morgan fingerprint density at radius 1 is 1.53 bits per heavy atom. The molecule has 0 amide bonds. The maximum atomic E-state index is 7.51. The zero-order chi connectivity index (χ0) is 11.6. The maximum absolute atomic E-state index is 7.51. The Morgan fingerprint density at radius 2 is 2.13 bits per heavy atom. The summed E-state index contributed by atoms with van der Waals surface area (Å²) in [5.41, 5.74) is 6.32. The summed E-state index contributed by atoms with van der Waals surface area (Å²) in [6.07, 6.45) is 0. The number of hydrogen-bond donors (Lipinski definition) is 2. The normalized spacial score (nSPS) is 11.7. The summed E-state index contributed by atoms with van der Waals surface area (Å²) in [5, 5.41) is 8.38. The second kappa shape index (κ2) is 4.28. The lowest BCUT2D eigenvalue weighted by atomic mass is 9.91. The first-order valence-corrected chi connectivity index (χ1v) is 5.51. The Bertz CT molecular complexity index is 365. The van der Waals surface area contributed by atoms with Crippen LogP contribution in [0.3, 0.4) is 0 Å². The summed E-state index contributed by atoms with van der Waals surface area (Å²) in [5.74, 6) is 0.0831. The van der Waals surface area contributed by atoms with Gasteiger partial charge in [-0.2, -0.15) is 0 Å². The van der Waals surface area contributed by atoms with E-state index in [1.165, 1.54) is 11.3 Å². The fourth-order valence-electron chi connectivity index (χ4n) is 1.24. The minimum Gasteiger partial charge on any atom is -0.383 e. The van der Waals surface area contributed by atoms with Gasteiger partial charge in [-0.3, -0.25) is 5.41 Å². The van der Waals surface area contributed by atoms with Gasteiger partial charge in [-0.15, -0.1) is 11.3 Å². The number of methoxy groups -OCH3 is 1. The van der Waals surface area contributed by atoms with E-state index in [9.17, 15) is 0 Å². The second-order valence-electron chi connectivity index (χ2n) is 4.38. The average molecular weight is 227 g/mol. The van der Waals surface area contributed by atoms with E-state index in [0.29, 0.717) is 6.61 Å². The number of amidine groups is 1. The van der Waals surface area contributed by atoms with E-state index in [2.05, 4.69) is 25.8 Å². The first kappa shape index (κ1) is 12.1. The average Bonchev–Trinajstić information content (AvgIpc) is 2.48. The minimum atomic E-state index is -0.0938. The second-order valence-corrected chi connectivity index (χ2v) is 5.47. The van der Waals surface area contributed by atoms with Gasteiger partial charge in [0.25, 0.3) is 0 Å². The molecule has 0 fully saturated rings. The smallest absolute Gasteiger partial charge is 0.135 e. The van der Waals surface area contributed by atoms with E-state index in [1.807, 2.05) is 0 Å². The molecule has 0 atom stereocenters. The van der Waals surface area contributed by atoms with E-state index in [1.54, 1.807) is 7.11 Å². The SMILES string of the molecule is COCc1nc(C(C)(C)C)c(C(=N)N)s1. The predicted molar refractivity (Wildman–Crippen MR) is 62.5 cm³/mol. The van der Waals surface area contributed by atoms with Crippen molar-refractivity contribution in [2.24, 2.45) is 5.73 Å². The first-order chi connectivity index (χ1) is 6.86. The summed E-state index contributed by atoms with van der Waals surface area (Å²) in [6, 6.07) is 0. The molecule has 1 aromatic heterocycles. The van der Waals surface area contributed by atoms with Gasteiger partial charge in [0.05, 0.1) is 17.2 Å². The van der Waals surface area contributed by atoms with Crippen LogP contribution < -0.4 is 5.73 Å². The van der Waals surface area contributed by atoms with Gasteiger partial charge in [-0.05, 0) is 0 Å². The number of aromatic nitrogens is 1. The molecule has 3 N–H and O–H groups in total. The van der Waals surface area contributed by atoms with Crippen molar-refractivity contribution in [1.82, 2.24) is 4.98 Å². The minimum absolute atomic E-state index is 0.0831. The zero-order valence-corrected chi connectivity index (χ0v) is 10.4. The number of hydrogen-bond acceptors (Lipinski definition) is 4. The molecule has 5 heteroatoms. The molecule has 4 nitrogen and oxygen atoms in total. The lowest BCUT2D eigenvalue weighted by Crippen LogP contribution is -2.19. The van der Waals surface area contributed by atoms with Crippen molar-refractivity contribution in [1.29, 1.82) is 5.41 Å². The molecule has 0 unspecified atom stereocenters. The highest BCUT2D eigenvalue weighted by molar-refractivity contribution is 7.13. The van der Waals surface area contributed by atoms with Gasteiger partial charge in [0.2, 0.25) is 0 Å². The molecule has 84 valence electrons. The maximum Gasteiger partial charge on any atom is 0.135 e. The quantitative estimate of drug-likeness (QED) is 0.611. The van der Waals surface area contributed by atoms with E-state index >= 15 is 0 Å². The number of nitrogens with two attached hydrogens (primary N) is 1. The molecule has 1 heterocycles. The Labute approximate surface area is 94.0 Å². The van der Waals surface area contributed by atoms with Crippen LogP contribution in [0.1, 0.15) is 36.3 Å². The molecule has 1 rings (SSSR count). The number of nitrogens with zero attached hydrogens (tertiary/aromatic N) is 1. The molecule has 0 bridgehead atoms. The van der Waals surface area contributed by atoms with Gasteiger partial charge in [0.15, 0.2) is 0 Å². The summed E-state index contributed by atoms with van der Waals surface area (Å²) in [4.78, 5) is 5.22. The molecule has 0 aliphatic heterocycles. The first-order valence-electron chi connectivity index (χ1n) is 4.69. The van der Waals surface area contributed by atoms with Crippen LogP contribution in [0.2, 0.25) is 0 Å². The molecule has 0 saturated carbocycles. The lowest BCUT2D eigenvalue weighted by molar-refractivity contribution is 0.184. The van der Waals surface area contributed by atoms with Crippen LogP contribution in [0.15, 0.2) is 0 Å². The zero-order valence-electron chi connectivity index (χ0n) is 9.55. The highest BCUT2D eigenvalue weighted by atomic mass is 32.1. The van der Waals surface area contributed by atoms with Gasteiger partial charge >= 0.3 is 0 Å². The summed E-state index contributed by atoms with van der Waals surface area (Å²) in [7, 11) is 1.63. The molecule has 15 heavy (non-hydrogen) atoms. The van der Waals surface area contributed by atoms with Crippen molar-refractivity contribution < 1.29 is 4.74 Å². The van der Waals surface area contributed by atoms with Crippen LogP contribution in [-0.4, -0.2) is 17.9 Å². The fourth-order valence-corrected chi connectivity index (χ4v) is 2.35. The van der Waals surface area contributed by atoms with Crippen LogP contribution in [-0.2, 0) is 16.8 Å². The summed E-state index contributed by atoms with van der Waals surface area (Å²) < 4.78 is 5.03. The largest absolute Gasteiger partial charge is 0.383 e. The number of thiazole rings is 1. The summed E-state index contributed by atoms with van der Waals surface area (Å²) >= 11 is 1.43. The van der Waals surface area contributed by atoms with Gasteiger partial charge in [-0.25, -0.2) is 4.98 Å². The van der Waals surface area contributed by atoms with Crippen molar-refractivity contribution in [3.8, 4) is 0 Å². The molecule has 0 spiro atoms. The molecular weight excluding hydrogens is 210 g/mol. The third kappa shape index (κ3) is 2.76. The highest BCUT2D eigenvalue weighted by Gasteiger charge is 2.24. The Kier molecular flexibility index (Phi) is 3.46. The standard InChI is InChI=1S/C10H17N3OS/c1-10(2,3)8-7(9(11)12)15-6(13-8)5-14-4/h5H2,1-4H3,(H3,11,12). The lowest BCUT2D eigenvalue weighted by Gasteiger charge is -2.16. The van der Waals surface area contributed by atoms with E-state index < -0.39 is 0 Å². The van der Waals surface area contributed by atoms with Crippen molar-refractivity contribution >= 4 is 17.2 Å². The summed E-state index contributed by atoms with van der Waals surface area (Å²) in [6.45, 7) is 6.66. The third-order valence-electron chi connectivity index (χ3n) is 1.89. The topological polar surface area (TPSA) is 72.0 Å². The van der Waals surface area contributed by atoms with Gasteiger partial charge in [-0.1, -0.05) is 20.8 Å². The van der Waals surface area contributed by atoms with Crippen molar-refractivity contribution in [3.63, 3.8) is 0 Å². The molecule has 0 aliphatic rings. The van der Waals surface area contributed by atoms with Gasteiger partial charge in [0, 0.05) is 12.5 Å². The molecule has 1 aromatic rings. The molecule has 0 aliphatic carbocycles. The van der Waals surface area contributed by atoms with Crippen LogP contribution in [0.5, 0.6) is 0 Å². The van der Waals surface area contributed by atoms with Crippen LogP contribution >= 0.6 is 11.3 Å². The Hall–Kier alpha value is -0.940. The molecular formula is C10H17N3OS. The van der Waals surface area contributed by atoms with Crippen molar-refractivity contribution in [3.05, 3.63) is 15.6 Å². The third-order valence-corrected chi connectivity index (χ3v) is 2.96. The van der Waals surface area contributed by atoms with Crippen LogP contribution in [0.4, 0.5) is 0 Å². The van der Waals surface area contributed by atoms with E-state index in [0.717, 1.165) is 15.6 Å². The number of nitrogen functional groups attached to an aromatic ring is 1. The molecule has 0 saturated heterocycles. The number of rotatable bonds is 3. The van der Waals surface area contributed by atoms with E-state index in [-0.39, 0.29) is 11.3 Å². The fraction of sp³-hybridized carbons (Fsp3) is 0.600. The van der Waals surface area contributed by atoms with E-state index in [4.69, 9.17) is 15.9 Å².